The second-order valence-corrected chi connectivity index (χ2v) is 7.80. The molecule has 1 aliphatic rings. The van der Waals surface area contributed by atoms with Crippen LogP contribution in [0.5, 0.6) is 5.75 Å². The molecule has 1 saturated heterocycles. The number of hydrogen-bond acceptors (Lipinski definition) is 5. The summed E-state index contributed by atoms with van der Waals surface area (Å²) in [5, 5.41) is 9.73. The minimum absolute atomic E-state index is 0.118. The Morgan fingerprint density at radius 2 is 2.03 bits per heavy atom. The summed E-state index contributed by atoms with van der Waals surface area (Å²) in [5.74, 6) is -1.13. The third-order valence-electron chi connectivity index (χ3n) is 5.34. The van der Waals surface area contributed by atoms with Crippen molar-refractivity contribution in [1.82, 2.24) is 20.4 Å². The van der Waals surface area contributed by atoms with Gasteiger partial charge in [-0.05, 0) is 45.0 Å². The van der Waals surface area contributed by atoms with Crippen LogP contribution in [0.25, 0.3) is 11.3 Å². The Hall–Kier alpha value is -2.17. The number of H-pyrrole nitrogens is 1. The summed E-state index contributed by atoms with van der Waals surface area (Å²) in [4.78, 5) is 1.97. The molecule has 31 heavy (non-hydrogen) atoms. The van der Waals surface area contributed by atoms with Gasteiger partial charge in [-0.3, -0.25) is 5.10 Å². The molecule has 1 fully saturated rings. The molecule has 3 rings (SSSR count). The van der Waals surface area contributed by atoms with Crippen molar-refractivity contribution in [3.8, 4) is 17.0 Å². The van der Waals surface area contributed by atoms with Crippen LogP contribution in [0.1, 0.15) is 24.0 Å². The molecule has 2 heterocycles. The van der Waals surface area contributed by atoms with Gasteiger partial charge in [0.1, 0.15) is 0 Å². The van der Waals surface area contributed by atoms with Crippen LogP contribution in [0.3, 0.4) is 0 Å². The average molecular weight is 444 g/mol. The molecule has 0 amide bonds. The van der Waals surface area contributed by atoms with Crippen LogP contribution in [-0.4, -0.2) is 62.1 Å². The normalized spacial score (nSPS) is 15.6. The summed E-state index contributed by atoms with van der Waals surface area (Å²) in [5.41, 5.74) is -0.443. The Kier molecular flexibility index (Phi) is 7.90. The molecule has 10 heteroatoms. The van der Waals surface area contributed by atoms with Gasteiger partial charge in [0, 0.05) is 50.2 Å². The van der Waals surface area contributed by atoms with Gasteiger partial charge in [0.25, 0.3) is 0 Å². The van der Waals surface area contributed by atoms with Crippen LogP contribution in [0.15, 0.2) is 18.3 Å². The summed E-state index contributed by atoms with van der Waals surface area (Å²) < 4.78 is 66.7. The fourth-order valence-electron chi connectivity index (χ4n) is 3.50. The number of nitrogens with one attached hydrogen (secondary N) is 2. The van der Waals surface area contributed by atoms with Gasteiger partial charge >= 0.3 is 6.18 Å². The zero-order valence-electron chi connectivity index (χ0n) is 17.7. The molecule has 1 aromatic heterocycles. The number of halogens is 4. The molecule has 0 bridgehead atoms. The Balaban J connectivity index is 1.90. The first-order valence-electron chi connectivity index (χ1n) is 10.3. The molecule has 2 aromatic rings. The molecule has 172 valence electrons. The molecule has 0 atom stereocenters. The summed E-state index contributed by atoms with van der Waals surface area (Å²) in [6.07, 6.45) is -1.60. The molecule has 1 aromatic carbocycles. The number of ether oxygens (including phenoxy) is 2. The fourth-order valence-corrected chi connectivity index (χ4v) is 3.50. The minimum Gasteiger partial charge on any atom is -0.490 e. The lowest BCUT2D eigenvalue weighted by molar-refractivity contribution is -0.137. The number of hydrogen-bond donors (Lipinski definition) is 2. The van der Waals surface area contributed by atoms with Crippen molar-refractivity contribution in [2.24, 2.45) is 5.92 Å². The largest absolute Gasteiger partial charge is 0.490 e. The van der Waals surface area contributed by atoms with E-state index in [4.69, 9.17) is 9.47 Å². The predicted octanol–water partition coefficient (Wildman–Crippen LogP) is 3.69. The summed E-state index contributed by atoms with van der Waals surface area (Å²) >= 11 is 0. The van der Waals surface area contributed by atoms with Crippen molar-refractivity contribution < 1.29 is 27.0 Å². The monoisotopic (exact) mass is 444 g/mol. The number of aromatic amines is 1. The SMILES string of the molecule is CNCCN(C)Cc1c[nH]nc1-c1cc(C(F)(F)F)cc(OCC2CCOCC2)c1F. The van der Waals surface area contributed by atoms with Crippen LogP contribution in [-0.2, 0) is 17.5 Å². The van der Waals surface area contributed by atoms with Crippen LogP contribution < -0.4 is 10.1 Å². The van der Waals surface area contributed by atoms with Gasteiger partial charge in [-0.15, -0.1) is 0 Å². The quantitative estimate of drug-likeness (QED) is 0.578. The number of likely N-dealkylation sites (N-methyl/N-ethyl adjacent to an activating group) is 2. The Labute approximate surface area is 178 Å². The molecule has 0 aliphatic carbocycles. The van der Waals surface area contributed by atoms with E-state index in [9.17, 15) is 13.2 Å². The highest BCUT2D eigenvalue weighted by atomic mass is 19.4. The lowest BCUT2D eigenvalue weighted by atomic mass is 10.0. The molecule has 1 aliphatic heterocycles. The summed E-state index contributed by atoms with van der Waals surface area (Å²) in [6, 6.07) is 1.52. The van der Waals surface area contributed by atoms with E-state index >= 15 is 4.39 Å². The second-order valence-electron chi connectivity index (χ2n) is 7.80. The molecule has 0 unspecified atom stereocenters. The molecule has 6 nitrogen and oxygen atoms in total. The lowest BCUT2D eigenvalue weighted by Crippen LogP contribution is -2.27. The van der Waals surface area contributed by atoms with E-state index in [0.717, 1.165) is 31.5 Å². The predicted molar refractivity (Wildman–Crippen MR) is 108 cm³/mol. The highest BCUT2D eigenvalue weighted by molar-refractivity contribution is 5.67. The van der Waals surface area contributed by atoms with E-state index in [1.807, 2.05) is 19.0 Å². The van der Waals surface area contributed by atoms with E-state index in [1.54, 1.807) is 6.20 Å². The lowest BCUT2D eigenvalue weighted by Gasteiger charge is -2.23. The van der Waals surface area contributed by atoms with Crippen LogP contribution >= 0.6 is 0 Å². The second kappa shape index (κ2) is 10.4. The molecular weight excluding hydrogens is 416 g/mol. The van der Waals surface area contributed by atoms with Crippen molar-refractivity contribution >= 4 is 0 Å². The van der Waals surface area contributed by atoms with Gasteiger partial charge in [0.2, 0.25) is 0 Å². The van der Waals surface area contributed by atoms with Gasteiger partial charge in [-0.2, -0.15) is 18.3 Å². The maximum Gasteiger partial charge on any atom is 0.416 e. The minimum atomic E-state index is -4.64. The van der Waals surface area contributed by atoms with Crippen molar-refractivity contribution in [3.63, 3.8) is 0 Å². The number of aromatic nitrogens is 2. The third kappa shape index (κ3) is 6.18. The van der Waals surface area contributed by atoms with Gasteiger partial charge in [-0.25, -0.2) is 4.39 Å². The smallest absolute Gasteiger partial charge is 0.416 e. The van der Waals surface area contributed by atoms with E-state index in [-0.39, 0.29) is 23.8 Å². The zero-order chi connectivity index (χ0) is 22.4. The standard InChI is InChI=1S/C21H28F4N4O2/c1-26-5-6-29(2)12-15-11-27-28-20(15)17-9-16(21(23,24)25)10-18(19(17)22)31-13-14-3-7-30-8-4-14/h9-11,14,26H,3-8,12-13H2,1-2H3,(H,27,28). The van der Waals surface area contributed by atoms with E-state index in [1.165, 1.54) is 0 Å². The van der Waals surface area contributed by atoms with Gasteiger partial charge in [-0.1, -0.05) is 0 Å². The first kappa shape index (κ1) is 23.5. The summed E-state index contributed by atoms with van der Waals surface area (Å²) in [7, 11) is 3.70. The Bertz CT molecular complexity index is 850. The Morgan fingerprint density at radius 3 is 2.71 bits per heavy atom. The number of nitrogens with zero attached hydrogens (tertiary/aromatic N) is 2. The average Bonchev–Trinajstić information content (AvgIpc) is 3.19. The van der Waals surface area contributed by atoms with E-state index in [0.29, 0.717) is 31.9 Å². The van der Waals surface area contributed by atoms with Gasteiger partial charge < -0.3 is 19.7 Å². The van der Waals surface area contributed by atoms with Crippen molar-refractivity contribution in [3.05, 3.63) is 35.3 Å². The maximum atomic E-state index is 15.3. The van der Waals surface area contributed by atoms with Crippen molar-refractivity contribution in [1.29, 1.82) is 0 Å². The molecule has 0 saturated carbocycles. The van der Waals surface area contributed by atoms with Gasteiger partial charge in [0.15, 0.2) is 11.6 Å². The number of benzene rings is 1. The van der Waals surface area contributed by atoms with Crippen LogP contribution in [0.2, 0.25) is 0 Å². The maximum absolute atomic E-state index is 15.3. The molecule has 0 spiro atoms. The first-order chi connectivity index (χ1) is 14.8. The number of rotatable bonds is 9. The summed E-state index contributed by atoms with van der Waals surface area (Å²) in [6.45, 7) is 3.14. The van der Waals surface area contributed by atoms with Gasteiger partial charge in [0.05, 0.1) is 17.9 Å². The van der Waals surface area contributed by atoms with Crippen molar-refractivity contribution in [2.75, 3.05) is 47.0 Å². The highest BCUT2D eigenvalue weighted by Gasteiger charge is 2.34. The zero-order valence-corrected chi connectivity index (χ0v) is 17.7. The van der Waals surface area contributed by atoms with E-state index in [2.05, 4.69) is 15.5 Å². The third-order valence-corrected chi connectivity index (χ3v) is 5.34. The highest BCUT2D eigenvalue weighted by Crippen LogP contribution is 2.39. The van der Waals surface area contributed by atoms with E-state index < -0.39 is 23.3 Å². The molecule has 2 N–H and O–H groups in total. The van der Waals surface area contributed by atoms with Crippen molar-refractivity contribution in [2.45, 2.75) is 25.6 Å². The molecular formula is C21H28F4N4O2. The van der Waals surface area contributed by atoms with Crippen LogP contribution in [0.4, 0.5) is 17.6 Å². The Morgan fingerprint density at radius 1 is 1.29 bits per heavy atom. The van der Waals surface area contributed by atoms with Crippen LogP contribution in [0, 0.1) is 11.7 Å². The first-order valence-corrected chi connectivity index (χ1v) is 10.3. The fraction of sp³-hybridized carbons (Fsp3) is 0.571. The number of alkyl halides is 3. The molecule has 0 radical (unpaired) electrons. The topological polar surface area (TPSA) is 62.4 Å².